The lowest BCUT2D eigenvalue weighted by atomic mass is 10.2. The number of nitrogens with two attached hydrogens (primary N) is 1. The molecule has 3 N–H and O–H groups in total. The molecule has 2 rings (SSSR count). The summed E-state index contributed by atoms with van der Waals surface area (Å²) in [5, 5.41) is 3.12. The van der Waals surface area contributed by atoms with Crippen LogP contribution in [0.3, 0.4) is 0 Å². The molecule has 1 aromatic carbocycles. The molecule has 0 saturated heterocycles. The first kappa shape index (κ1) is 13.8. The van der Waals surface area contributed by atoms with Gasteiger partial charge >= 0.3 is 0 Å². The van der Waals surface area contributed by atoms with Crippen molar-refractivity contribution in [2.24, 2.45) is 0 Å². The van der Waals surface area contributed by atoms with Gasteiger partial charge in [-0.3, -0.25) is 0 Å². The zero-order valence-corrected chi connectivity index (χ0v) is 11.6. The van der Waals surface area contributed by atoms with Crippen LogP contribution in [0.1, 0.15) is 0 Å². The minimum atomic E-state index is 0.488. The normalized spacial score (nSPS) is 9.95. The number of hydrogen-bond acceptors (Lipinski definition) is 6. The van der Waals surface area contributed by atoms with Crippen molar-refractivity contribution < 1.29 is 14.2 Å². The van der Waals surface area contributed by atoms with Gasteiger partial charge in [0, 0.05) is 17.8 Å². The molecule has 0 bridgehead atoms. The van der Waals surface area contributed by atoms with Gasteiger partial charge in [-0.05, 0) is 18.2 Å². The SMILES string of the molecule is COc1ccc(N)c(Nc2ccc(OC)c(OC)c2)n1. The van der Waals surface area contributed by atoms with E-state index in [1.54, 1.807) is 45.6 Å². The predicted molar refractivity (Wildman–Crippen MR) is 78.0 cm³/mol. The quantitative estimate of drug-likeness (QED) is 0.872. The highest BCUT2D eigenvalue weighted by Gasteiger charge is 2.07. The summed E-state index contributed by atoms with van der Waals surface area (Å²) in [6.45, 7) is 0. The Morgan fingerprint density at radius 2 is 1.70 bits per heavy atom. The molecule has 0 unspecified atom stereocenters. The lowest BCUT2D eigenvalue weighted by molar-refractivity contribution is 0.355. The number of nitrogen functional groups attached to an aromatic ring is 1. The Hall–Kier alpha value is -2.63. The smallest absolute Gasteiger partial charge is 0.215 e. The Kier molecular flexibility index (Phi) is 4.14. The number of nitrogens with zero attached hydrogens (tertiary/aromatic N) is 1. The van der Waals surface area contributed by atoms with Gasteiger partial charge in [-0.15, -0.1) is 0 Å². The van der Waals surface area contributed by atoms with Gasteiger partial charge < -0.3 is 25.3 Å². The largest absolute Gasteiger partial charge is 0.493 e. The summed E-state index contributed by atoms with van der Waals surface area (Å²) in [6, 6.07) is 8.89. The molecule has 1 heterocycles. The summed E-state index contributed by atoms with van der Waals surface area (Å²) in [5.41, 5.74) is 7.20. The Balaban J connectivity index is 2.30. The fourth-order valence-corrected chi connectivity index (χ4v) is 1.72. The monoisotopic (exact) mass is 275 g/mol. The van der Waals surface area contributed by atoms with Crippen molar-refractivity contribution in [1.82, 2.24) is 4.98 Å². The summed E-state index contributed by atoms with van der Waals surface area (Å²) < 4.78 is 15.5. The molecule has 0 aliphatic carbocycles. The van der Waals surface area contributed by atoms with E-state index >= 15 is 0 Å². The molecule has 6 heteroatoms. The third kappa shape index (κ3) is 2.85. The van der Waals surface area contributed by atoms with Gasteiger partial charge in [0.25, 0.3) is 0 Å². The number of ether oxygens (including phenoxy) is 3. The molecular formula is C14H17N3O3. The summed E-state index contributed by atoms with van der Waals surface area (Å²) in [5.74, 6) is 2.29. The third-order valence-corrected chi connectivity index (χ3v) is 2.76. The van der Waals surface area contributed by atoms with Crippen LogP contribution in [0.4, 0.5) is 17.2 Å². The highest BCUT2D eigenvalue weighted by Crippen LogP contribution is 2.32. The Morgan fingerprint density at radius 1 is 0.950 bits per heavy atom. The molecule has 0 fully saturated rings. The molecule has 1 aromatic heterocycles. The molecule has 106 valence electrons. The summed E-state index contributed by atoms with van der Waals surface area (Å²) in [4.78, 5) is 4.25. The average Bonchev–Trinajstić information content (AvgIpc) is 2.49. The predicted octanol–water partition coefficient (Wildman–Crippen LogP) is 2.43. The molecular weight excluding hydrogens is 258 g/mol. The van der Waals surface area contributed by atoms with E-state index in [1.165, 1.54) is 0 Å². The zero-order chi connectivity index (χ0) is 14.5. The first-order chi connectivity index (χ1) is 9.67. The van der Waals surface area contributed by atoms with Crippen LogP contribution in [0, 0.1) is 0 Å². The maximum atomic E-state index is 5.88. The van der Waals surface area contributed by atoms with Crippen molar-refractivity contribution in [3.8, 4) is 17.4 Å². The second-order valence-corrected chi connectivity index (χ2v) is 3.99. The van der Waals surface area contributed by atoms with Gasteiger partial charge in [-0.2, -0.15) is 4.98 Å². The molecule has 6 nitrogen and oxygen atoms in total. The van der Waals surface area contributed by atoms with Crippen LogP contribution in [0.5, 0.6) is 17.4 Å². The standard InChI is InChI=1S/C14H17N3O3/c1-18-11-6-4-9(8-12(11)19-2)16-14-10(15)5-7-13(17-14)20-3/h4-8H,15H2,1-3H3,(H,16,17). The van der Waals surface area contributed by atoms with E-state index in [0.717, 1.165) is 5.69 Å². The zero-order valence-electron chi connectivity index (χ0n) is 11.6. The first-order valence-corrected chi connectivity index (χ1v) is 5.97. The molecule has 0 aliphatic rings. The van der Waals surface area contributed by atoms with Gasteiger partial charge in [0.2, 0.25) is 5.88 Å². The van der Waals surface area contributed by atoms with Gasteiger partial charge in [0.1, 0.15) is 0 Å². The fraction of sp³-hybridized carbons (Fsp3) is 0.214. The van der Waals surface area contributed by atoms with Gasteiger partial charge in [0.05, 0.1) is 27.0 Å². The molecule has 0 atom stereocenters. The minimum Gasteiger partial charge on any atom is -0.493 e. The number of pyridine rings is 1. The number of hydrogen-bond donors (Lipinski definition) is 2. The van der Waals surface area contributed by atoms with E-state index in [0.29, 0.717) is 28.9 Å². The summed E-state index contributed by atoms with van der Waals surface area (Å²) in [7, 11) is 4.73. The van der Waals surface area contributed by atoms with Crippen LogP contribution >= 0.6 is 0 Å². The van der Waals surface area contributed by atoms with E-state index in [-0.39, 0.29) is 0 Å². The van der Waals surface area contributed by atoms with Gasteiger partial charge in [-0.25, -0.2) is 0 Å². The van der Waals surface area contributed by atoms with Gasteiger partial charge in [0.15, 0.2) is 17.3 Å². The Bertz CT molecular complexity index is 602. The lowest BCUT2D eigenvalue weighted by Crippen LogP contribution is -2.01. The highest BCUT2D eigenvalue weighted by molar-refractivity contribution is 5.70. The van der Waals surface area contributed by atoms with Crippen LogP contribution in [-0.4, -0.2) is 26.3 Å². The average molecular weight is 275 g/mol. The number of nitrogens with one attached hydrogen (secondary N) is 1. The molecule has 2 aromatic rings. The number of benzene rings is 1. The van der Waals surface area contributed by atoms with Crippen molar-refractivity contribution in [3.63, 3.8) is 0 Å². The highest BCUT2D eigenvalue weighted by atomic mass is 16.5. The summed E-state index contributed by atoms with van der Waals surface area (Å²) in [6.07, 6.45) is 0. The molecule has 20 heavy (non-hydrogen) atoms. The molecule has 0 saturated carbocycles. The van der Waals surface area contributed by atoms with Crippen LogP contribution in [-0.2, 0) is 0 Å². The molecule has 0 amide bonds. The van der Waals surface area contributed by atoms with E-state index in [9.17, 15) is 0 Å². The second-order valence-electron chi connectivity index (χ2n) is 3.99. The maximum absolute atomic E-state index is 5.88. The van der Waals surface area contributed by atoms with Crippen LogP contribution in [0.25, 0.3) is 0 Å². The molecule has 0 aliphatic heterocycles. The maximum Gasteiger partial charge on any atom is 0.215 e. The number of rotatable bonds is 5. The Labute approximate surface area is 117 Å². The van der Waals surface area contributed by atoms with Gasteiger partial charge in [-0.1, -0.05) is 0 Å². The number of methoxy groups -OCH3 is 3. The van der Waals surface area contributed by atoms with Crippen LogP contribution in [0.15, 0.2) is 30.3 Å². The fourth-order valence-electron chi connectivity index (χ4n) is 1.72. The minimum absolute atomic E-state index is 0.488. The van der Waals surface area contributed by atoms with E-state index in [2.05, 4.69) is 10.3 Å². The lowest BCUT2D eigenvalue weighted by Gasteiger charge is -2.12. The topological polar surface area (TPSA) is 78.6 Å². The van der Waals surface area contributed by atoms with Crippen molar-refractivity contribution in [3.05, 3.63) is 30.3 Å². The van der Waals surface area contributed by atoms with Crippen molar-refractivity contribution >= 4 is 17.2 Å². The van der Waals surface area contributed by atoms with Crippen molar-refractivity contribution in [2.45, 2.75) is 0 Å². The van der Waals surface area contributed by atoms with Crippen molar-refractivity contribution in [1.29, 1.82) is 0 Å². The van der Waals surface area contributed by atoms with Crippen molar-refractivity contribution in [2.75, 3.05) is 32.4 Å². The second kappa shape index (κ2) is 6.01. The first-order valence-electron chi connectivity index (χ1n) is 5.97. The van der Waals surface area contributed by atoms with E-state index in [4.69, 9.17) is 19.9 Å². The third-order valence-electron chi connectivity index (χ3n) is 2.76. The number of aromatic nitrogens is 1. The van der Waals surface area contributed by atoms with E-state index in [1.807, 2.05) is 6.07 Å². The molecule has 0 radical (unpaired) electrons. The van der Waals surface area contributed by atoms with Crippen LogP contribution in [0.2, 0.25) is 0 Å². The Morgan fingerprint density at radius 3 is 2.35 bits per heavy atom. The number of anilines is 3. The van der Waals surface area contributed by atoms with E-state index < -0.39 is 0 Å². The summed E-state index contributed by atoms with van der Waals surface area (Å²) >= 11 is 0. The molecule has 0 spiro atoms. The van der Waals surface area contributed by atoms with Crippen LogP contribution < -0.4 is 25.3 Å².